The zero-order chi connectivity index (χ0) is 12.8. The molecule has 0 aliphatic heterocycles. The summed E-state index contributed by atoms with van der Waals surface area (Å²) >= 11 is 5.73. The number of hydrogen-bond donors (Lipinski definition) is 2. The summed E-state index contributed by atoms with van der Waals surface area (Å²) in [6, 6.07) is 7.10. The van der Waals surface area contributed by atoms with Crippen LogP contribution in [-0.4, -0.2) is 17.0 Å². The van der Waals surface area contributed by atoms with Crippen molar-refractivity contribution in [1.29, 1.82) is 0 Å². The Labute approximate surface area is 105 Å². The number of amides is 1. The number of carbonyl (C=O) groups excluding carboxylic acids is 1. The summed E-state index contributed by atoms with van der Waals surface area (Å²) in [5, 5.41) is 11.9. The number of carboxylic acid groups (broad SMARTS) is 1. The quantitative estimate of drug-likeness (QED) is 0.846. The monoisotopic (exact) mass is 255 g/mol. The van der Waals surface area contributed by atoms with Crippen LogP contribution in [0.15, 0.2) is 24.3 Å². The van der Waals surface area contributed by atoms with Gasteiger partial charge in [0.25, 0.3) is 0 Å². The van der Waals surface area contributed by atoms with Crippen molar-refractivity contribution in [2.45, 2.75) is 19.9 Å². The highest BCUT2D eigenvalue weighted by molar-refractivity contribution is 6.30. The Kier molecular flexibility index (Phi) is 4.97. The molecular weight excluding hydrogens is 242 g/mol. The first kappa shape index (κ1) is 13.5. The third-order valence-electron chi connectivity index (χ3n) is 2.32. The molecule has 0 radical (unpaired) electrons. The van der Waals surface area contributed by atoms with E-state index in [4.69, 9.17) is 16.7 Å². The predicted molar refractivity (Wildman–Crippen MR) is 64.7 cm³/mol. The lowest BCUT2D eigenvalue weighted by Crippen LogP contribution is -2.26. The Morgan fingerprint density at radius 1 is 1.35 bits per heavy atom. The van der Waals surface area contributed by atoms with Crippen molar-refractivity contribution >= 4 is 23.5 Å². The maximum atomic E-state index is 11.4. The standard InChI is InChI=1S/C12H14ClNO3/c1-8(12(16)17)6-11(15)14-7-9-2-4-10(13)5-3-9/h2-5,8H,6-7H2,1H3,(H,14,15)(H,16,17). The first-order valence-corrected chi connectivity index (χ1v) is 5.61. The molecular formula is C12H14ClNO3. The van der Waals surface area contributed by atoms with Crippen LogP contribution < -0.4 is 5.32 Å². The van der Waals surface area contributed by atoms with Crippen molar-refractivity contribution in [3.8, 4) is 0 Å². The highest BCUT2D eigenvalue weighted by Crippen LogP contribution is 2.09. The molecule has 2 N–H and O–H groups in total. The molecule has 1 aromatic carbocycles. The van der Waals surface area contributed by atoms with Crippen LogP contribution in [0.1, 0.15) is 18.9 Å². The molecule has 0 aliphatic rings. The molecule has 0 aromatic heterocycles. The Balaban J connectivity index is 2.38. The van der Waals surface area contributed by atoms with Gasteiger partial charge in [0.15, 0.2) is 0 Å². The zero-order valence-electron chi connectivity index (χ0n) is 9.44. The topological polar surface area (TPSA) is 66.4 Å². The molecule has 0 fully saturated rings. The minimum Gasteiger partial charge on any atom is -0.481 e. The number of rotatable bonds is 5. The lowest BCUT2D eigenvalue weighted by Gasteiger charge is -2.07. The summed E-state index contributed by atoms with van der Waals surface area (Å²) in [7, 11) is 0. The molecule has 0 heterocycles. The summed E-state index contributed by atoms with van der Waals surface area (Å²) in [5.74, 6) is -1.90. The molecule has 0 bridgehead atoms. The van der Waals surface area contributed by atoms with Crippen LogP contribution in [-0.2, 0) is 16.1 Å². The third-order valence-corrected chi connectivity index (χ3v) is 2.57. The van der Waals surface area contributed by atoms with E-state index in [-0.39, 0.29) is 12.3 Å². The van der Waals surface area contributed by atoms with Gasteiger partial charge in [-0.15, -0.1) is 0 Å². The summed E-state index contributed by atoms with van der Waals surface area (Å²) < 4.78 is 0. The molecule has 1 unspecified atom stereocenters. The molecule has 92 valence electrons. The normalized spacial score (nSPS) is 11.9. The van der Waals surface area contributed by atoms with Gasteiger partial charge >= 0.3 is 5.97 Å². The predicted octanol–water partition coefficient (Wildman–Crippen LogP) is 2.07. The number of halogens is 1. The van der Waals surface area contributed by atoms with Gasteiger partial charge in [-0.2, -0.15) is 0 Å². The molecule has 0 aliphatic carbocycles. The smallest absolute Gasteiger partial charge is 0.306 e. The summed E-state index contributed by atoms with van der Waals surface area (Å²) in [6.07, 6.45) is -0.0110. The van der Waals surface area contributed by atoms with E-state index in [0.29, 0.717) is 11.6 Å². The first-order valence-electron chi connectivity index (χ1n) is 5.23. The minimum absolute atomic E-state index is 0.0110. The lowest BCUT2D eigenvalue weighted by atomic mass is 10.1. The van der Waals surface area contributed by atoms with E-state index in [1.165, 1.54) is 6.92 Å². The molecule has 1 rings (SSSR count). The average molecular weight is 256 g/mol. The van der Waals surface area contributed by atoms with Crippen LogP contribution >= 0.6 is 11.6 Å². The number of benzene rings is 1. The molecule has 1 aromatic rings. The second kappa shape index (κ2) is 6.25. The number of hydrogen-bond acceptors (Lipinski definition) is 2. The van der Waals surface area contributed by atoms with Crippen LogP contribution in [0.2, 0.25) is 5.02 Å². The molecule has 4 nitrogen and oxygen atoms in total. The Morgan fingerprint density at radius 3 is 2.47 bits per heavy atom. The molecule has 1 amide bonds. The molecule has 0 spiro atoms. The van der Waals surface area contributed by atoms with Gasteiger partial charge in [0.1, 0.15) is 0 Å². The van der Waals surface area contributed by atoms with Gasteiger partial charge in [-0.1, -0.05) is 30.7 Å². The van der Waals surface area contributed by atoms with Crippen molar-refractivity contribution in [2.24, 2.45) is 5.92 Å². The molecule has 5 heteroatoms. The van der Waals surface area contributed by atoms with Crippen LogP contribution in [0, 0.1) is 5.92 Å². The van der Waals surface area contributed by atoms with E-state index >= 15 is 0 Å². The van der Waals surface area contributed by atoms with E-state index in [9.17, 15) is 9.59 Å². The van der Waals surface area contributed by atoms with Gasteiger partial charge in [0.05, 0.1) is 5.92 Å². The van der Waals surface area contributed by atoms with Gasteiger partial charge in [0.2, 0.25) is 5.91 Å². The van der Waals surface area contributed by atoms with Gasteiger partial charge in [-0.25, -0.2) is 0 Å². The highest BCUT2D eigenvalue weighted by atomic mass is 35.5. The van der Waals surface area contributed by atoms with Crippen molar-refractivity contribution in [1.82, 2.24) is 5.32 Å². The van der Waals surface area contributed by atoms with E-state index < -0.39 is 11.9 Å². The average Bonchev–Trinajstić information content (AvgIpc) is 2.28. The van der Waals surface area contributed by atoms with Crippen molar-refractivity contribution in [2.75, 3.05) is 0 Å². The molecule has 0 saturated carbocycles. The summed E-state index contributed by atoms with van der Waals surface area (Å²) in [4.78, 5) is 21.9. The van der Waals surface area contributed by atoms with Crippen molar-refractivity contribution in [3.63, 3.8) is 0 Å². The Bertz CT molecular complexity index is 403. The Hall–Kier alpha value is -1.55. The number of carbonyl (C=O) groups is 2. The maximum Gasteiger partial charge on any atom is 0.306 e. The third kappa shape index (κ3) is 4.87. The minimum atomic E-state index is -0.966. The summed E-state index contributed by atoms with van der Waals surface area (Å²) in [5.41, 5.74) is 0.922. The van der Waals surface area contributed by atoms with E-state index in [2.05, 4.69) is 5.32 Å². The van der Waals surface area contributed by atoms with Gasteiger partial charge in [-0.05, 0) is 17.7 Å². The highest BCUT2D eigenvalue weighted by Gasteiger charge is 2.15. The fraction of sp³-hybridized carbons (Fsp3) is 0.333. The van der Waals surface area contributed by atoms with E-state index in [1.807, 2.05) is 12.1 Å². The fourth-order valence-corrected chi connectivity index (χ4v) is 1.37. The second-order valence-electron chi connectivity index (χ2n) is 3.85. The number of aliphatic carboxylic acids is 1. The summed E-state index contributed by atoms with van der Waals surface area (Å²) in [6.45, 7) is 1.88. The van der Waals surface area contributed by atoms with Crippen LogP contribution in [0.5, 0.6) is 0 Å². The van der Waals surface area contributed by atoms with Gasteiger partial charge in [0, 0.05) is 18.0 Å². The van der Waals surface area contributed by atoms with Crippen LogP contribution in [0.4, 0.5) is 0 Å². The van der Waals surface area contributed by atoms with Crippen LogP contribution in [0.3, 0.4) is 0 Å². The van der Waals surface area contributed by atoms with E-state index in [1.54, 1.807) is 12.1 Å². The first-order chi connectivity index (χ1) is 7.99. The van der Waals surface area contributed by atoms with E-state index in [0.717, 1.165) is 5.56 Å². The van der Waals surface area contributed by atoms with Crippen LogP contribution in [0.25, 0.3) is 0 Å². The molecule has 17 heavy (non-hydrogen) atoms. The zero-order valence-corrected chi connectivity index (χ0v) is 10.2. The maximum absolute atomic E-state index is 11.4. The largest absolute Gasteiger partial charge is 0.481 e. The fourth-order valence-electron chi connectivity index (χ4n) is 1.24. The molecule has 1 atom stereocenters. The van der Waals surface area contributed by atoms with Gasteiger partial charge in [-0.3, -0.25) is 9.59 Å². The number of carboxylic acids is 1. The van der Waals surface area contributed by atoms with Crippen molar-refractivity contribution < 1.29 is 14.7 Å². The van der Waals surface area contributed by atoms with Gasteiger partial charge < -0.3 is 10.4 Å². The number of nitrogens with one attached hydrogen (secondary N) is 1. The second-order valence-corrected chi connectivity index (χ2v) is 4.28. The molecule has 0 saturated heterocycles. The van der Waals surface area contributed by atoms with Crippen molar-refractivity contribution in [3.05, 3.63) is 34.9 Å². The lowest BCUT2D eigenvalue weighted by molar-refractivity contribution is -0.143. The SMILES string of the molecule is CC(CC(=O)NCc1ccc(Cl)cc1)C(=O)O. The Morgan fingerprint density at radius 2 is 1.94 bits per heavy atom.